The molecule has 0 amide bonds. The minimum atomic E-state index is 0.435. The van der Waals surface area contributed by atoms with E-state index in [0.717, 1.165) is 0 Å². The molecule has 3 rings (SSSR count). The summed E-state index contributed by atoms with van der Waals surface area (Å²) in [6.07, 6.45) is 2.34. The molecule has 78 valence electrons. The Hall–Kier alpha value is 0.400. The van der Waals surface area contributed by atoms with E-state index in [2.05, 4.69) is 78.1 Å². The van der Waals surface area contributed by atoms with Gasteiger partial charge in [0.15, 0.2) is 0 Å². The Labute approximate surface area is 115 Å². The fourth-order valence-electron chi connectivity index (χ4n) is 2.57. The Balaban J connectivity index is 2.23. The van der Waals surface area contributed by atoms with E-state index in [0.29, 0.717) is 21.5 Å². The summed E-state index contributed by atoms with van der Waals surface area (Å²) in [6, 6.07) is 8.71. The van der Waals surface area contributed by atoms with Gasteiger partial charge in [0.1, 0.15) is 0 Å². The number of halogens is 3. The number of alkyl halides is 2. The standard InChI is InChI=1S/C12H9Br3/c13-9-5-8-11(14)7-4-2-1-3-6(7)10(9)12(8)15/h1-5,8,10-12H/t8-,10-,11+,12-/m1/s1. The van der Waals surface area contributed by atoms with Crippen molar-refractivity contribution in [1.82, 2.24) is 0 Å². The van der Waals surface area contributed by atoms with Gasteiger partial charge in [-0.15, -0.1) is 0 Å². The maximum absolute atomic E-state index is 3.82. The molecule has 4 atom stereocenters. The van der Waals surface area contributed by atoms with Crippen molar-refractivity contribution in [1.29, 1.82) is 0 Å². The summed E-state index contributed by atoms with van der Waals surface area (Å²) in [5.41, 5.74) is 2.88. The lowest BCUT2D eigenvalue weighted by Crippen LogP contribution is -2.25. The zero-order chi connectivity index (χ0) is 10.6. The number of hydrogen-bond donors (Lipinski definition) is 0. The molecule has 3 heteroatoms. The second kappa shape index (κ2) is 3.71. The van der Waals surface area contributed by atoms with Crippen molar-refractivity contribution in [3.05, 3.63) is 46.0 Å². The fraction of sp³-hybridized carbons (Fsp3) is 0.333. The number of hydrogen-bond acceptors (Lipinski definition) is 0. The predicted octanol–water partition coefficient (Wildman–Crippen LogP) is 4.89. The van der Waals surface area contributed by atoms with E-state index in [1.54, 1.807) is 0 Å². The largest absolute Gasteiger partial charge is 0.0873 e. The minimum absolute atomic E-state index is 0.435. The molecular formula is C12H9Br3. The first-order valence-electron chi connectivity index (χ1n) is 4.94. The van der Waals surface area contributed by atoms with Gasteiger partial charge in [0, 0.05) is 26.0 Å². The SMILES string of the molecule is BrC1=C[C@H]2[C@@H](Br)[C@@H]1c1ccccc1[C@@H]2Br. The van der Waals surface area contributed by atoms with Crippen LogP contribution < -0.4 is 0 Å². The van der Waals surface area contributed by atoms with Gasteiger partial charge in [-0.2, -0.15) is 0 Å². The van der Waals surface area contributed by atoms with E-state index in [4.69, 9.17) is 0 Å². The molecule has 1 aromatic rings. The highest BCUT2D eigenvalue weighted by molar-refractivity contribution is 9.12. The van der Waals surface area contributed by atoms with Crippen LogP contribution in [0, 0.1) is 5.92 Å². The lowest BCUT2D eigenvalue weighted by molar-refractivity contribution is 0.574. The van der Waals surface area contributed by atoms with Crippen LogP contribution in [0.4, 0.5) is 0 Å². The lowest BCUT2D eigenvalue weighted by Gasteiger charge is -2.33. The molecule has 0 N–H and O–H groups in total. The molecule has 0 spiro atoms. The monoisotopic (exact) mass is 390 g/mol. The third-order valence-corrected chi connectivity index (χ3v) is 6.30. The summed E-state index contributed by atoms with van der Waals surface area (Å²) in [5.74, 6) is 1.05. The second-order valence-corrected chi connectivity index (χ2v) is 7.04. The fourth-order valence-corrected chi connectivity index (χ4v) is 6.10. The Morgan fingerprint density at radius 3 is 2.40 bits per heavy atom. The molecule has 0 heterocycles. The van der Waals surface area contributed by atoms with Gasteiger partial charge in [0.25, 0.3) is 0 Å². The van der Waals surface area contributed by atoms with E-state index in [-0.39, 0.29) is 0 Å². The van der Waals surface area contributed by atoms with Crippen molar-refractivity contribution in [3.63, 3.8) is 0 Å². The van der Waals surface area contributed by atoms with Crippen LogP contribution in [0.1, 0.15) is 21.9 Å². The zero-order valence-corrected chi connectivity index (χ0v) is 12.6. The van der Waals surface area contributed by atoms with Crippen molar-refractivity contribution in [2.24, 2.45) is 5.92 Å². The molecule has 0 radical (unpaired) electrons. The molecule has 0 saturated carbocycles. The van der Waals surface area contributed by atoms with Crippen LogP contribution in [0.5, 0.6) is 0 Å². The van der Waals surface area contributed by atoms with Crippen LogP contribution >= 0.6 is 47.8 Å². The van der Waals surface area contributed by atoms with Crippen LogP contribution in [0.2, 0.25) is 0 Å². The van der Waals surface area contributed by atoms with Crippen molar-refractivity contribution in [3.8, 4) is 0 Å². The predicted molar refractivity (Wildman–Crippen MR) is 74.1 cm³/mol. The Bertz CT molecular complexity index is 438. The lowest BCUT2D eigenvalue weighted by atomic mass is 9.82. The van der Waals surface area contributed by atoms with Crippen LogP contribution in [0.3, 0.4) is 0 Å². The summed E-state index contributed by atoms with van der Waals surface area (Å²) in [6.45, 7) is 0. The normalized spacial score (nSPS) is 37.4. The average molecular weight is 393 g/mol. The van der Waals surface area contributed by atoms with Crippen molar-refractivity contribution < 1.29 is 0 Å². The first kappa shape index (κ1) is 10.5. The smallest absolute Gasteiger partial charge is 0.0472 e. The van der Waals surface area contributed by atoms with Gasteiger partial charge in [-0.1, -0.05) is 78.1 Å². The van der Waals surface area contributed by atoms with Crippen LogP contribution in [0.15, 0.2) is 34.8 Å². The van der Waals surface area contributed by atoms with Crippen molar-refractivity contribution >= 4 is 47.8 Å². The molecule has 1 aromatic carbocycles. The maximum atomic E-state index is 3.82. The van der Waals surface area contributed by atoms with Crippen molar-refractivity contribution in [2.75, 3.05) is 0 Å². The molecule has 0 aliphatic heterocycles. The number of allylic oxidation sites excluding steroid dienone is 2. The summed E-state index contributed by atoms with van der Waals surface area (Å²) in [4.78, 5) is 0.954. The maximum Gasteiger partial charge on any atom is 0.0472 e. The highest BCUT2D eigenvalue weighted by Gasteiger charge is 2.44. The summed E-state index contributed by atoms with van der Waals surface area (Å²) < 4.78 is 1.32. The van der Waals surface area contributed by atoms with E-state index < -0.39 is 0 Å². The zero-order valence-electron chi connectivity index (χ0n) is 7.83. The minimum Gasteiger partial charge on any atom is -0.0873 e. The molecule has 15 heavy (non-hydrogen) atoms. The first-order valence-corrected chi connectivity index (χ1v) is 7.57. The molecule has 0 fully saturated rings. The second-order valence-electron chi connectivity index (χ2n) is 4.08. The number of rotatable bonds is 0. The van der Waals surface area contributed by atoms with Gasteiger partial charge in [-0.05, 0) is 11.1 Å². The van der Waals surface area contributed by atoms with Gasteiger partial charge < -0.3 is 0 Å². The van der Waals surface area contributed by atoms with Crippen molar-refractivity contribution in [2.45, 2.75) is 15.6 Å². The average Bonchev–Trinajstić information content (AvgIpc) is 2.47. The Morgan fingerprint density at radius 2 is 1.67 bits per heavy atom. The van der Waals surface area contributed by atoms with E-state index >= 15 is 0 Å². The van der Waals surface area contributed by atoms with Gasteiger partial charge in [-0.3, -0.25) is 0 Å². The molecule has 0 nitrogen and oxygen atoms in total. The van der Waals surface area contributed by atoms with Gasteiger partial charge in [0.2, 0.25) is 0 Å². The molecule has 2 aliphatic rings. The molecular weight excluding hydrogens is 384 g/mol. The third-order valence-electron chi connectivity index (χ3n) is 3.30. The van der Waals surface area contributed by atoms with Crippen LogP contribution in [-0.2, 0) is 0 Å². The summed E-state index contributed by atoms with van der Waals surface area (Å²) in [5, 5.41) is 0. The number of benzene rings is 1. The van der Waals surface area contributed by atoms with E-state index in [1.165, 1.54) is 15.6 Å². The summed E-state index contributed by atoms with van der Waals surface area (Å²) >= 11 is 11.3. The molecule has 0 saturated heterocycles. The Morgan fingerprint density at radius 1 is 1.00 bits per heavy atom. The molecule has 2 aliphatic carbocycles. The summed E-state index contributed by atoms with van der Waals surface area (Å²) in [7, 11) is 0. The quantitative estimate of drug-likeness (QED) is 0.551. The van der Waals surface area contributed by atoms with Gasteiger partial charge >= 0.3 is 0 Å². The first-order chi connectivity index (χ1) is 7.20. The van der Waals surface area contributed by atoms with E-state index in [9.17, 15) is 0 Å². The van der Waals surface area contributed by atoms with Crippen LogP contribution in [-0.4, -0.2) is 4.83 Å². The highest BCUT2D eigenvalue weighted by atomic mass is 79.9. The highest BCUT2D eigenvalue weighted by Crippen LogP contribution is 2.57. The molecule has 0 aromatic heterocycles. The van der Waals surface area contributed by atoms with Crippen LogP contribution in [0.25, 0.3) is 0 Å². The third kappa shape index (κ3) is 1.43. The molecule has 2 bridgehead atoms. The van der Waals surface area contributed by atoms with Gasteiger partial charge in [-0.25, -0.2) is 0 Å². The topological polar surface area (TPSA) is 0 Å². The number of fused-ring (bicyclic) bond motifs is 4. The Kier molecular flexibility index (Phi) is 2.61. The molecule has 0 unspecified atom stereocenters. The van der Waals surface area contributed by atoms with E-state index in [1.807, 2.05) is 0 Å². The van der Waals surface area contributed by atoms with Gasteiger partial charge in [0.05, 0.1) is 0 Å².